The molecule has 2 aliphatic rings. The maximum absolute atomic E-state index is 12.4. The fourth-order valence-corrected chi connectivity index (χ4v) is 3.64. The second-order valence-electron chi connectivity index (χ2n) is 6.82. The summed E-state index contributed by atoms with van der Waals surface area (Å²) in [6.07, 6.45) is 9.86. The van der Waals surface area contributed by atoms with E-state index in [1.807, 2.05) is 16.8 Å². The zero-order chi connectivity index (χ0) is 16.3. The zero-order valence-electron chi connectivity index (χ0n) is 13.7. The highest BCUT2D eigenvalue weighted by Gasteiger charge is 2.38. The molecule has 0 unspecified atom stereocenters. The Bertz CT molecular complexity index is 567. The molecule has 6 nitrogen and oxygen atoms in total. The molecule has 0 aromatic carbocycles. The van der Waals surface area contributed by atoms with Gasteiger partial charge in [0.05, 0.1) is 12.1 Å². The van der Waals surface area contributed by atoms with E-state index in [4.69, 9.17) is 0 Å². The third-order valence-electron chi connectivity index (χ3n) is 5.40. The van der Waals surface area contributed by atoms with Gasteiger partial charge in [0.1, 0.15) is 0 Å². The van der Waals surface area contributed by atoms with E-state index in [0.717, 1.165) is 51.0 Å². The van der Waals surface area contributed by atoms with E-state index in [0.29, 0.717) is 12.8 Å². The Balaban J connectivity index is 1.55. The minimum absolute atomic E-state index is 0.127. The molecule has 0 saturated carbocycles. The van der Waals surface area contributed by atoms with E-state index in [2.05, 4.69) is 9.97 Å². The van der Waals surface area contributed by atoms with Crippen LogP contribution in [-0.4, -0.2) is 58.3 Å². The first-order chi connectivity index (χ1) is 11.1. The standard InChI is InChI=1S/C17H24N4O2/c1-20-9-4-17(3-2-15(20)22)5-10-21(11-6-17)16(23)12-14-13-18-7-8-19-14/h7-8,13H,2-6,9-12H2,1H3. The van der Waals surface area contributed by atoms with Crippen LogP contribution in [0.2, 0.25) is 0 Å². The number of hydrogen-bond acceptors (Lipinski definition) is 4. The lowest BCUT2D eigenvalue weighted by atomic mass is 9.73. The molecule has 0 atom stereocenters. The van der Waals surface area contributed by atoms with Gasteiger partial charge in [-0.15, -0.1) is 0 Å². The first kappa shape index (κ1) is 15.9. The molecule has 3 rings (SSSR count). The summed E-state index contributed by atoms with van der Waals surface area (Å²) in [5.41, 5.74) is 0.962. The van der Waals surface area contributed by atoms with Gasteiger partial charge in [-0.1, -0.05) is 0 Å². The summed E-state index contributed by atoms with van der Waals surface area (Å²) in [7, 11) is 1.89. The predicted octanol–water partition coefficient (Wildman–Crippen LogP) is 1.27. The van der Waals surface area contributed by atoms with Crippen molar-refractivity contribution in [3.8, 4) is 0 Å². The van der Waals surface area contributed by atoms with Gasteiger partial charge in [0.15, 0.2) is 0 Å². The number of carbonyl (C=O) groups excluding carboxylic acids is 2. The molecular weight excluding hydrogens is 292 g/mol. The van der Waals surface area contributed by atoms with E-state index in [1.165, 1.54) is 0 Å². The fourth-order valence-electron chi connectivity index (χ4n) is 3.64. The van der Waals surface area contributed by atoms with Crippen LogP contribution in [0.1, 0.15) is 37.8 Å². The van der Waals surface area contributed by atoms with Crippen LogP contribution in [0.25, 0.3) is 0 Å². The fraction of sp³-hybridized carbons (Fsp3) is 0.647. The number of carbonyl (C=O) groups is 2. The molecule has 2 aliphatic heterocycles. The summed E-state index contributed by atoms with van der Waals surface area (Å²) in [6.45, 7) is 2.42. The van der Waals surface area contributed by atoms with Crippen molar-refractivity contribution >= 4 is 11.8 Å². The summed E-state index contributed by atoms with van der Waals surface area (Å²) in [4.78, 5) is 36.2. The average molecular weight is 316 g/mol. The number of likely N-dealkylation sites (tertiary alicyclic amines) is 2. The molecule has 0 radical (unpaired) electrons. The largest absolute Gasteiger partial charge is 0.346 e. The smallest absolute Gasteiger partial charge is 0.228 e. The molecule has 6 heteroatoms. The van der Waals surface area contributed by atoms with E-state index >= 15 is 0 Å². The normalized spacial score (nSPS) is 21.3. The van der Waals surface area contributed by atoms with Crippen molar-refractivity contribution in [1.29, 1.82) is 0 Å². The van der Waals surface area contributed by atoms with Gasteiger partial charge in [0, 0.05) is 51.7 Å². The Morgan fingerprint density at radius 1 is 1.17 bits per heavy atom. The van der Waals surface area contributed by atoms with Crippen molar-refractivity contribution in [2.45, 2.75) is 38.5 Å². The highest BCUT2D eigenvalue weighted by atomic mass is 16.2. The van der Waals surface area contributed by atoms with Gasteiger partial charge in [-0.25, -0.2) is 0 Å². The minimum atomic E-state index is 0.127. The van der Waals surface area contributed by atoms with E-state index < -0.39 is 0 Å². The number of piperidine rings is 1. The van der Waals surface area contributed by atoms with Crippen LogP contribution in [0.4, 0.5) is 0 Å². The zero-order valence-corrected chi connectivity index (χ0v) is 13.7. The van der Waals surface area contributed by atoms with Crippen LogP contribution < -0.4 is 0 Å². The second-order valence-corrected chi connectivity index (χ2v) is 6.82. The monoisotopic (exact) mass is 316 g/mol. The molecular formula is C17H24N4O2. The average Bonchev–Trinajstić information content (AvgIpc) is 2.71. The number of amides is 2. The third-order valence-corrected chi connectivity index (χ3v) is 5.40. The predicted molar refractivity (Wildman–Crippen MR) is 85.5 cm³/mol. The minimum Gasteiger partial charge on any atom is -0.346 e. The molecule has 23 heavy (non-hydrogen) atoms. The number of nitrogens with zero attached hydrogens (tertiary/aromatic N) is 4. The van der Waals surface area contributed by atoms with Crippen LogP contribution in [0.15, 0.2) is 18.6 Å². The molecule has 1 spiro atoms. The second kappa shape index (κ2) is 6.64. The maximum atomic E-state index is 12.4. The molecule has 0 N–H and O–H groups in total. The summed E-state index contributed by atoms with van der Waals surface area (Å²) in [6, 6.07) is 0. The molecule has 2 fully saturated rings. The molecule has 0 aliphatic carbocycles. The molecule has 0 bridgehead atoms. The summed E-state index contributed by atoms with van der Waals surface area (Å²) < 4.78 is 0. The highest BCUT2D eigenvalue weighted by molar-refractivity contribution is 5.78. The van der Waals surface area contributed by atoms with Crippen LogP contribution in [0.5, 0.6) is 0 Å². The first-order valence-corrected chi connectivity index (χ1v) is 8.35. The first-order valence-electron chi connectivity index (χ1n) is 8.35. The summed E-state index contributed by atoms with van der Waals surface area (Å²) in [5.74, 6) is 0.380. The molecule has 2 saturated heterocycles. The molecule has 3 heterocycles. The van der Waals surface area contributed by atoms with Crippen LogP contribution in [-0.2, 0) is 16.0 Å². The Morgan fingerprint density at radius 2 is 1.91 bits per heavy atom. The quantitative estimate of drug-likeness (QED) is 0.824. The number of rotatable bonds is 2. The van der Waals surface area contributed by atoms with Crippen molar-refractivity contribution in [3.63, 3.8) is 0 Å². The van der Waals surface area contributed by atoms with Crippen molar-refractivity contribution in [2.75, 3.05) is 26.7 Å². The van der Waals surface area contributed by atoms with Crippen LogP contribution in [0.3, 0.4) is 0 Å². The number of aromatic nitrogens is 2. The van der Waals surface area contributed by atoms with E-state index in [1.54, 1.807) is 18.6 Å². The number of hydrogen-bond donors (Lipinski definition) is 0. The lowest BCUT2D eigenvalue weighted by Crippen LogP contribution is -2.44. The van der Waals surface area contributed by atoms with E-state index in [-0.39, 0.29) is 17.2 Å². The lowest BCUT2D eigenvalue weighted by molar-refractivity contribution is -0.133. The maximum Gasteiger partial charge on any atom is 0.228 e. The van der Waals surface area contributed by atoms with Crippen molar-refractivity contribution < 1.29 is 9.59 Å². The van der Waals surface area contributed by atoms with Gasteiger partial charge in [-0.2, -0.15) is 0 Å². The van der Waals surface area contributed by atoms with Gasteiger partial charge in [-0.05, 0) is 31.1 Å². The van der Waals surface area contributed by atoms with Crippen LogP contribution in [0, 0.1) is 5.41 Å². The lowest BCUT2D eigenvalue weighted by Gasteiger charge is -2.41. The van der Waals surface area contributed by atoms with Crippen molar-refractivity contribution in [1.82, 2.24) is 19.8 Å². The van der Waals surface area contributed by atoms with Gasteiger partial charge >= 0.3 is 0 Å². The molecule has 2 amide bonds. The van der Waals surface area contributed by atoms with Gasteiger partial charge in [0.25, 0.3) is 0 Å². The Hall–Kier alpha value is -1.98. The van der Waals surface area contributed by atoms with Gasteiger partial charge < -0.3 is 9.80 Å². The molecule has 1 aromatic rings. The third kappa shape index (κ3) is 3.68. The van der Waals surface area contributed by atoms with Crippen molar-refractivity contribution in [3.05, 3.63) is 24.3 Å². The Kier molecular flexibility index (Phi) is 4.59. The highest BCUT2D eigenvalue weighted by Crippen LogP contribution is 2.41. The summed E-state index contributed by atoms with van der Waals surface area (Å²) >= 11 is 0. The van der Waals surface area contributed by atoms with Gasteiger partial charge in [-0.3, -0.25) is 19.6 Å². The Morgan fingerprint density at radius 3 is 2.61 bits per heavy atom. The SMILES string of the molecule is CN1CCC2(CCC1=O)CCN(C(=O)Cc1cnccn1)CC2. The van der Waals surface area contributed by atoms with Crippen LogP contribution >= 0.6 is 0 Å². The van der Waals surface area contributed by atoms with Crippen molar-refractivity contribution in [2.24, 2.45) is 5.41 Å². The van der Waals surface area contributed by atoms with E-state index in [9.17, 15) is 9.59 Å². The summed E-state index contributed by atoms with van der Waals surface area (Å²) in [5, 5.41) is 0. The Labute approximate surface area is 136 Å². The molecule has 124 valence electrons. The van der Waals surface area contributed by atoms with Gasteiger partial charge in [0.2, 0.25) is 11.8 Å². The topological polar surface area (TPSA) is 66.4 Å². The molecule has 1 aromatic heterocycles.